The SMILES string of the molecule is Cc1ccc2oc3c(c(=O)c2c1)[C@H](c1cccc(O)c1)N(C)C3=O. The van der Waals surface area contributed by atoms with Crippen LogP contribution in [0.4, 0.5) is 0 Å². The Balaban J connectivity index is 2.05. The van der Waals surface area contributed by atoms with E-state index in [4.69, 9.17) is 4.42 Å². The topological polar surface area (TPSA) is 70.8 Å². The number of phenols is 1. The third-order valence-corrected chi connectivity index (χ3v) is 4.44. The van der Waals surface area contributed by atoms with Gasteiger partial charge in [0, 0.05) is 7.05 Å². The van der Waals surface area contributed by atoms with Crippen LogP contribution in [0.5, 0.6) is 5.75 Å². The first-order chi connectivity index (χ1) is 11.5. The zero-order valence-electron chi connectivity index (χ0n) is 13.2. The van der Waals surface area contributed by atoms with Gasteiger partial charge in [0.15, 0.2) is 5.43 Å². The summed E-state index contributed by atoms with van der Waals surface area (Å²) in [5.74, 6) is -0.173. The van der Waals surface area contributed by atoms with Crippen LogP contribution in [0, 0.1) is 6.92 Å². The minimum atomic E-state index is -0.569. The number of aryl methyl sites for hydroxylation is 1. The number of benzene rings is 2. The molecule has 0 aliphatic carbocycles. The number of fused-ring (bicyclic) bond motifs is 2. The van der Waals surface area contributed by atoms with Crippen molar-refractivity contribution < 1.29 is 14.3 Å². The molecule has 1 atom stereocenters. The largest absolute Gasteiger partial charge is 0.508 e. The highest BCUT2D eigenvalue weighted by atomic mass is 16.3. The molecule has 5 heteroatoms. The van der Waals surface area contributed by atoms with E-state index in [1.165, 1.54) is 4.90 Å². The maximum atomic E-state index is 13.0. The number of hydrogen-bond donors (Lipinski definition) is 1. The molecule has 2 heterocycles. The zero-order valence-corrected chi connectivity index (χ0v) is 13.2. The average Bonchev–Trinajstić information content (AvgIpc) is 2.81. The van der Waals surface area contributed by atoms with E-state index in [9.17, 15) is 14.7 Å². The first-order valence-electron chi connectivity index (χ1n) is 7.61. The van der Waals surface area contributed by atoms with Crippen molar-refractivity contribution in [3.8, 4) is 5.75 Å². The molecule has 3 aromatic rings. The van der Waals surface area contributed by atoms with Gasteiger partial charge in [-0.2, -0.15) is 0 Å². The monoisotopic (exact) mass is 321 g/mol. The van der Waals surface area contributed by atoms with Gasteiger partial charge < -0.3 is 14.4 Å². The molecule has 1 N–H and O–H groups in total. The molecular formula is C19H15NO4. The van der Waals surface area contributed by atoms with E-state index in [2.05, 4.69) is 0 Å². The minimum Gasteiger partial charge on any atom is -0.508 e. The number of carbonyl (C=O) groups excluding carboxylic acids is 1. The van der Waals surface area contributed by atoms with Gasteiger partial charge in [-0.15, -0.1) is 0 Å². The molecule has 120 valence electrons. The number of nitrogens with zero attached hydrogens (tertiary/aromatic N) is 1. The van der Waals surface area contributed by atoms with Gasteiger partial charge in [0.1, 0.15) is 11.3 Å². The molecule has 1 aliphatic heterocycles. The fraction of sp³-hybridized carbons (Fsp3) is 0.158. The smallest absolute Gasteiger partial charge is 0.290 e. The van der Waals surface area contributed by atoms with Gasteiger partial charge >= 0.3 is 0 Å². The lowest BCUT2D eigenvalue weighted by molar-refractivity contribution is 0.0771. The van der Waals surface area contributed by atoms with Crippen LogP contribution in [-0.2, 0) is 0 Å². The number of amides is 1. The summed E-state index contributed by atoms with van der Waals surface area (Å²) < 4.78 is 5.75. The molecule has 5 nitrogen and oxygen atoms in total. The minimum absolute atomic E-state index is 0.0761. The number of carbonyl (C=O) groups is 1. The predicted octanol–water partition coefficient (Wildman–Crippen LogP) is 2.98. The lowest BCUT2D eigenvalue weighted by Gasteiger charge is -2.20. The number of hydrogen-bond acceptors (Lipinski definition) is 4. The second-order valence-corrected chi connectivity index (χ2v) is 6.09. The van der Waals surface area contributed by atoms with Crippen molar-refractivity contribution in [2.45, 2.75) is 13.0 Å². The van der Waals surface area contributed by atoms with Gasteiger partial charge in [0.2, 0.25) is 5.76 Å². The summed E-state index contributed by atoms with van der Waals surface area (Å²) in [6.45, 7) is 1.90. The van der Waals surface area contributed by atoms with E-state index in [-0.39, 0.29) is 22.8 Å². The van der Waals surface area contributed by atoms with Crippen LogP contribution >= 0.6 is 0 Å². The summed E-state index contributed by atoms with van der Waals surface area (Å²) in [5, 5.41) is 10.2. The van der Waals surface area contributed by atoms with Crippen molar-refractivity contribution >= 4 is 16.9 Å². The summed E-state index contributed by atoms with van der Waals surface area (Å²) >= 11 is 0. The molecule has 0 fully saturated rings. The molecule has 1 aromatic heterocycles. The van der Waals surface area contributed by atoms with E-state index in [1.807, 2.05) is 13.0 Å². The molecule has 2 aromatic carbocycles. The third kappa shape index (κ3) is 1.94. The van der Waals surface area contributed by atoms with Crippen LogP contribution in [0.25, 0.3) is 11.0 Å². The van der Waals surface area contributed by atoms with E-state index in [1.54, 1.807) is 43.4 Å². The molecule has 0 unspecified atom stereocenters. The predicted molar refractivity (Wildman–Crippen MR) is 89.3 cm³/mol. The molecule has 0 spiro atoms. The number of phenolic OH excluding ortho intramolecular Hbond substituents is 1. The number of rotatable bonds is 1. The van der Waals surface area contributed by atoms with E-state index >= 15 is 0 Å². The van der Waals surface area contributed by atoms with Gasteiger partial charge in [0.25, 0.3) is 5.91 Å². The fourth-order valence-corrected chi connectivity index (χ4v) is 3.29. The Morgan fingerprint density at radius 2 is 1.92 bits per heavy atom. The quantitative estimate of drug-likeness (QED) is 0.748. The van der Waals surface area contributed by atoms with Crippen molar-refractivity contribution in [2.75, 3.05) is 7.05 Å². The van der Waals surface area contributed by atoms with Gasteiger partial charge in [0.05, 0.1) is 17.0 Å². The number of aromatic hydroxyl groups is 1. The maximum Gasteiger partial charge on any atom is 0.290 e. The Hall–Kier alpha value is -3.08. The Morgan fingerprint density at radius 3 is 2.67 bits per heavy atom. The first-order valence-corrected chi connectivity index (χ1v) is 7.61. The molecule has 4 rings (SSSR count). The van der Waals surface area contributed by atoms with Crippen molar-refractivity contribution in [1.29, 1.82) is 0 Å². The van der Waals surface area contributed by atoms with Crippen LogP contribution < -0.4 is 5.43 Å². The summed E-state index contributed by atoms with van der Waals surface area (Å²) in [6, 6.07) is 11.3. The second kappa shape index (κ2) is 4.96. The van der Waals surface area contributed by atoms with Crippen LogP contribution in [0.15, 0.2) is 51.7 Å². The van der Waals surface area contributed by atoms with E-state index < -0.39 is 6.04 Å². The second-order valence-electron chi connectivity index (χ2n) is 6.09. The van der Waals surface area contributed by atoms with Crippen LogP contribution in [0.3, 0.4) is 0 Å². The van der Waals surface area contributed by atoms with E-state index in [0.717, 1.165) is 5.56 Å². The summed E-state index contributed by atoms with van der Waals surface area (Å²) in [7, 11) is 1.63. The molecular weight excluding hydrogens is 306 g/mol. The summed E-state index contributed by atoms with van der Waals surface area (Å²) in [5.41, 5.74) is 2.14. The van der Waals surface area contributed by atoms with Crippen LogP contribution in [-0.4, -0.2) is 23.0 Å². The normalized spacial score (nSPS) is 16.7. The van der Waals surface area contributed by atoms with Crippen LogP contribution in [0.1, 0.15) is 33.3 Å². The molecule has 1 aliphatic rings. The highest BCUT2D eigenvalue weighted by Crippen LogP contribution is 2.37. The van der Waals surface area contributed by atoms with Crippen molar-refractivity contribution in [2.24, 2.45) is 0 Å². The molecule has 0 saturated heterocycles. The Labute approximate surface area is 137 Å². The summed E-state index contributed by atoms with van der Waals surface area (Å²) in [6.07, 6.45) is 0. The van der Waals surface area contributed by atoms with Gasteiger partial charge in [-0.25, -0.2) is 0 Å². The Morgan fingerprint density at radius 1 is 1.12 bits per heavy atom. The summed E-state index contributed by atoms with van der Waals surface area (Å²) in [4.78, 5) is 27.1. The van der Waals surface area contributed by atoms with Gasteiger partial charge in [-0.1, -0.05) is 23.8 Å². The van der Waals surface area contributed by atoms with E-state index in [0.29, 0.717) is 22.1 Å². The lowest BCUT2D eigenvalue weighted by atomic mass is 9.98. The Bertz CT molecular complexity index is 1050. The molecule has 0 saturated carbocycles. The average molecular weight is 321 g/mol. The maximum absolute atomic E-state index is 13.0. The highest BCUT2D eigenvalue weighted by Gasteiger charge is 2.40. The molecule has 1 amide bonds. The van der Waals surface area contributed by atoms with Crippen molar-refractivity contribution in [3.63, 3.8) is 0 Å². The highest BCUT2D eigenvalue weighted by molar-refractivity contribution is 5.98. The first kappa shape index (κ1) is 14.5. The third-order valence-electron chi connectivity index (χ3n) is 4.44. The molecule has 0 bridgehead atoms. The van der Waals surface area contributed by atoms with Crippen molar-refractivity contribution in [3.05, 3.63) is 75.1 Å². The van der Waals surface area contributed by atoms with Gasteiger partial charge in [-0.3, -0.25) is 9.59 Å². The molecule has 24 heavy (non-hydrogen) atoms. The lowest BCUT2D eigenvalue weighted by Crippen LogP contribution is -2.25. The zero-order chi connectivity index (χ0) is 17.0. The van der Waals surface area contributed by atoms with Gasteiger partial charge in [-0.05, 0) is 36.8 Å². The van der Waals surface area contributed by atoms with Crippen LogP contribution in [0.2, 0.25) is 0 Å². The standard InChI is InChI=1S/C19H15NO4/c1-10-6-7-14-13(8-10)17(22)15-16(11-4-3-5-12(21)9-11)20(2)19(23)18(15)24-14/h3-9,16,21H,1-2H3/t16-/m0/s1. The van der Waals surface area contributed by atoms with Crippen molar-refractivity contribution in [1.82, 2.24) is 4.90 Å². The molecule has 0 radical (unpaired) electrons. The fourth-order valence-electron chi connectivity index (χ4n) is 3.29. The Kier molecular flexibility index (Phi) is 3.00.